The number of halogens is 1. The predicted octanol–water partition coefficient (Wildman–Crippen LogP) is 3.58. The molecule has 0 saturated carbocycles. The lowest BCUT2D eigenvalue weighted by Gasteiger charge is -2.18. The fourth-order valence-electron chi connectivity index (χ4n) is 1.79. The number of alkyl halides is 1. The van der Waals surface area contributed by atoms with Crippen LogP contribution in [0.1, 0.15) is 37.4 Å². The van der Waals surface area contributed by atoms with E-state index in [0.717, 1.165) is 17.7 Å². The molecule has 2 atom stereocenters. The van der Waals surface area contributed by atoms with Crippen molar-refractivity contribution in [2.24, 2.45) is 0 Å². The molecule has 4 nitrogen and oxygen atoms in total. The standard InChI is InChI=1S/C11H15BrN2O2/c1-4-10(8(3)12)11-7(2)5-9(6-13-11)14(15)16/h5-6,8,10H,4H2,1-3H3. The maximum Gasteiger partial charge on any atom is 0.287 e. The topological polar surface area (TPSA) is 56.0 Å². The van der Waals surface area contributed by atoms with Crippen LogP contribution in [0.3, 0.4) is 0 Å². The predicted molar refractivity (Wildman–Crippen MR) is 67.0 cm³/mol. The largest absolute Gasteiger partial charge is 0.287 e. The van der Waals surface area contributed by atoms with Crippen LogP contribution in [0.4, 0.5) is 5.69 Å². The molecule has 5 heteroatoms. The Morgan fingerprint density at radius 1 is 1.62 bits per heavy atom. The number of hydrogen-bond acceptors (Lipinski definition) is 3. The Balaban J connectivity index is 3.11. The van der Waals surface area contributed by atoms with E-state index >= 15 is 0 Å². The lowest BCUT2D eigenvalue weighted by Crippen LogP contribution is -2.11. The summed E-state index contributed by atoms with van der Waals surface area (Å²) in [6.07, 6.45) is 2.29. The van der Waals surface area contributed by atoms with Crippen LogP contribution < -0.4 is 0 Å². The third kappa shape index (κ3) is 2.78. The summed E-state index contributed by atoms with van der Waals surface area (Å²) in [5.74, 6) is 0.292. The van der Waals surface area contributed by atoms with Crippen molar-refractivity contribution in [2.45, 2.75) is 37.9 Å². The van der Waals surface area contributed by atoms with E-state index in [-0.39, 0.29) is 5.69 Å². The van der Waals surface area contributed by atoms with Gasteiger partial charge in [-0.05, 0) is 18.9 Å². The lowest BCUT2D eigenvalue weighted by atomic mass is 9.95. The molecule has 0 N–H and O–H groups in total. The molecule has 1 aromatic heterocycles. The number of nitro groups is 1. The fourth-order valence-corrected chi connectivity index (χ4v) is 2.42. The zero-order valence-electron chi connectivity index (χ0n) is 9.61. The van der Waals surface area contributed by atoms with Crippen LogP contribution in [0.5, 0.6) is 0 Å². The number of aromatic nitrogens is 1. The molecule has 1 aromatic rings. The number of pyridine rings is 1. The summed E-state index contributed by atoms with van der Waals surface area (Å²) in [6, 6.07) is 1.58. The van der Waals surface area contributed by atoms with Crippen molar-refractivity contribution < 1.29 is 4.92 Å². The Bertz CT molecular complexity index is 394. The van der Waals surface area contributed by atoms with Gasteiger partial charge in [0.15, 0.2) is 0 Å². The van der Waals surface area contributed by atoms with Crippen LogP contribution in [0.25, 0.3) is 0 Å². The molecule has 0 radical (unpaired) electrons. The second-order valence-corrected chi connectivity index (χ2v) is 5.29. The highest BCUT2D eigenvalue weighted by atomic mass is 79.9. The van der Waals surface area contributed by atoms with E-state index in [1.54, 1.807) is 6.07 Å². The van der Waals surface area contributed by atoms with Gasteiger partial charge in [-0.3, -0.25) is 15.1 Å². The molecule has 1 rings (SSSR count). The second-order valence-electron chi connectivity index (χ2n) is 3.85. The third-order valence-corrected chi connectivity index (χ3v) is 3.30. The van der Waals surface area contributed by atoms with Gasteiger partial charge in [-0.25, -0.2) is 0 Å². The second kappa shape index (κ2) is 5.39. The Labute approximate surface area is 103 Å². The van der Waals surface area contributed by atoms with Gasteiger partial charge >= 0.3 is 0 Å². The van der Waals surface area contributed by atoms with Gasteiger partial charge < -0.3 is 0 Å². The highest BCUT2D eigenvalue weighted by molar-refractivity contribution is 9.09. The van der Waals surface area contributed by atoms with Crippen molar-refractivity contribution in [2.75, 3.05) is 0 Å². The van der Waals surface area contributed by atoms with Gasteiger partial charge in [0, 0.05) is 22.5 Å². The van der Waals surface area contributed by atoms with Crippen molar-refractivity contribution in [1.29, 1.82) is 0 Å². The van der Waals surface area contributed by atoms with Crippen molar-refractivity contribution in [1.82, 2.24) is 4.98 Å². The molecule has 0 spiro atoms. The molecular weight excluding hydrogens is 272 g/mol. The van der Waals surface area contributed by atoms with Gasteiger partial charge in [0.05, 0.1) is 4.92 Å². The summed E-state index contributed by atoms with van der Waals surface area (Å²) in [5, 5.41) is 10.6. The maximum atomic E-state index is 10.6. The molecule has 88 valence electrons. The number of aryl methyl sites for hydroxylation is 1. The summed E-state index contributed by atoms with van der Waals surface area (Å²) >= 11 is 3.55. The van der Waals surface area contributed by atoms with E-state index in [1.807, 2.05) is 6.92 Å². The van der Waals surface area contributed by atoms with E-state index in [4.69, 9.17) is 0 Å². The molecule has 1 heterocycles. The Morgan fingerprint density at radius 3 is 2.62 bits per heavy atom. The van der Waals surface area contributed by atoms with E-state index in [1.165, 1.54) is 6.20 Å². The molecule has 0 aliphatic carbocycles. The van der Waals surface area contributed by atoms with Crippen LogP contribution in [0.2, 0.25) is 0 Å². The summed E-state index contributed by atoms with van der Waals surface area (Å²) in [7, 11) is 0. The summed E-state index contributed by atoms with van der Waals surface area (Å²) in [6.45, 7) is 6.02. The number of rotatable bonds is 4. The smallest absolute Gasteiger partial charge is 0.258 e. The average molecular weight is 287 g/mol. The Morgan fingerprint density at radius 2 is 2.25 bits per heavy atom. The van der Waals surface area contributed by atoms with Gasteiger partial charge in [0.1, 0.15) is 6.20 Å². The van der Waals surface area contributed by atoms with Gasteiger partial charge in [0.2, 0.25) is 0 Å². The van der Waals surface area contributed by atoms with E-state index < -0.39 is 4.92 Å². The van der Waals surface area contributed by atoms with E-state index in [2.05, 4.69) is 34.8 Å². The lowest BCUT2D eigenvalue weighted by molar-refractivity contribution is -0.385. The summed E-state index contributed by atoms with van der Waals surface area (Å²) in [5.41, 5.74) is 1.88. The highest BCUT2D eigenvalue weighted by Gasteiger charge is 2.20. The van der Waals surface area contributed by atoms with E-state index in [0.29, 0.717) is 10.7 Å². The normalized spacial score (nSPS) is 14.5. The molecule has 0 amide bonds. The first-order valence-corrected chi connectivity index (χ1v) is 6.14. The van der Waals surface area contributed by atoms with Gasteiger partial charge in [0.25, 0.3) is 5.69 Å². The van der Waals surface area contributed by atoms with Crippen molar-refractivity contribution in [3.05, 3.63) is 33.6 Å². The third-order valence-electron chi connectivity index (χ3n) is 2.66. The Kier molecular flexibility index (Phi) is 4.41. The highest BCUT2D eigenvalue weighted by Crippen LogP contribution is 2.29. The summed E-state index contributed by atoms with van der Waals surface area (Å²) < 4.78 is 0. The first kappa shape index (κ1) is 13.1. The zero-order valence-corrected chi connectivity index (χ0v) is 11.2. The minimum atomic E-state index is -0.414. The molecule has 0 aromatic carbocycles. The van der Waals surface area contributed by atoms with Crippen molar-refractivity contribution in [3.8, 4) is 0 Å². The molecule has 0 aliphatic rings. The molecule has 0 fully saturated rings. The van der Waals surface area contributed by atoms with Crippen LogP contribution in [0.15, 0.2) is 12.3 Å². The molecule has 16 heavy (non-hydrogen) atoms. The SMILES string of the molecule is CCC(c1ncc([N+](=O)[O-])cc1C)C(C)Br. The van der Waals surface area contributed by atoms with Crippen LogP contribution in [-0.4, -0.2) is 14.7 Å². The molecular formula is C11H15BrN2O2. The monoisotopic (exact) mass is 286 g/mol. The molecule has 0 bridgehead atoms. The first-order valence-electron chi connectivity index (χ1n) is 5.22. The summed E-state index contributed by atoms with van der Waals surface area (Å²) in [4.78, 5) is 14.7. The van der Waals surface area contributed by atoms with E-state index in [9.17, 15) is 10.1 Å². The quantitative estimate of drug-likeness (QED) is 0.483. The van der Waals surface area contributed by atoms with Crippen LogP contribution in [-0.2, 0) is 0 Å². The molecule has 0 aliphatic heterocycles. The number of nitrogens with zero attached hydrogens (tertiary/aromatic N) is 2. The fraction of sp³-hybridized carbons (Fsp3) is 0.545. The minimum Gasteiger partial charge on any atom is -0.258 e. The molecule has 2 unspecified atom stereocenters. The molecule has 0 saturated heterocycles. The zero-order chi connectivity index (χ0) is 12.3. The first-order chi connectivity index (χ1) is 7.47. The minimum absolute atomic E-state index is 0.0540. The van der Waals surface area contributed by atoms with Gasteiger partial charge in [-0.1, -0.05) is 29.8 Å². The number of hydrogen-bond donors (Lipinski definition) is 0. The Hall–Kier alpha value is -0.970. The van der Waals surface area contributed by atoms with Gasteiger partial charge in [-0.2, -0.15) is 0 Å². The van der Waals surface area contributed by atoms with Crippen molar-refractivity contribution in [3.63, 3.8) is 0 Å². The van der Waals surface area contributed by atoms with Crippen molar-refractivity contribution >= 4 is 21.6 Å². The van der Waals surface area contributed by atoms with Crippen LogP contribution >= 0.6 is 15.9 Å². The maximum absolute atomic E-state index is 10.6. The van der Waals surface area contributed by atoms with Crippen LogP contribution in [0, 0.1) is 17.0 Å². The average Bonchev–Trinajstić information content (AvgIpc) is 2.20. The van der Waals surface area contributed by atoms with Gasteiger partial charge in [-0.15, -0.1) is 0 Å².